The number of aromatic amines is 1. The van der Waals surface area contributed by atoms with Crippen molar-refractivity contribution in [1.29, 1.82) is 0 Å². The molecular weight excluding hydrogens is 323 g/mol. The quantitative estimate of drug-likeness (QED) is 0.782. The topological polar surface area (TPSA) is 67.2 Å². The van der Waals surface area contributed by atoms with Gasteiger partial charge in [-0.15, -0.1) is 0 Å². The number of benzene rings is 1. The van der Waals surface area contributed by atoms with Gasteiger partial charge in [-0.2, -0.15) is 0 Å². The van der Waals surface area contributed by atoms with Crippen molar-refractivity contribution >= 4 is 12.9 Å². The van der Waals surface area contributed by atoms with E-state index >= 15 is 0 Å². The van der Waals surface area contributed by atoms with Gasteiger partial charge in [0.25, 0.3) is 0 Å². The monoisotopic (exact) mass is 354 g/mol. The van der Waals surface area contributed by atoms with Crippen LogP contribution in [-0.4, -0.2) is 47.1 Å². The largest absolute Gasteiger partial charge is 0.428 e. The summed E-state index contributed by atoms with van der Waals surface area (Å²) in [5.41, 5.74) is 8.66. The van der Waals surface area contributed by atoms with Crippen LogP contribution in [0.15, 0.2) is 30.5 Å². The molecule has 5 nitrogen and oxygen atoms in total. The first-order valence-electron chi connectivity index (χ1n) is 9.45. The molecule has 1 aliphatic rings. The van der Waals surface area contributed by atoms with Gasteiger partial charge >= 0.3 is 7.48 Å². The third kappa shape index (κ3) is 4.03. The van der Waals surface area contributed by atoms with Crippen molar-refractivity contribution in [1.82, 2.24) is 14.9 Å². The lowest BCUT2D eigenvalue weighted by atomic mass is 9.81. The molecule has 26 heavy (non-hydrogen) atoms. The molecule has 0 radical (unpaired) electrons. The summed E-state index contributed by atoms with van der Waals surface area (Å²) in [6.07, 6.45) is 4.42. The summed E-state index contributed by atoms with van der Waals surface area (Å²) in [4.78, 5) is 10.5. The first-order valence-corrected chi connectivity index (χ1v) is 9.45. The molecule has 3 N–H and O–H groups in total. The zero-order chi connectivity index (χ0) is 18.9. The Morgan fingerprint density at radius 2 is 1.92 bits per heavy atom. The second-order valence-electron chi connectivity index (χ2n) is 8.53. The van der Waals surface area contributed by atoms with Crippen molar-refractivity contribution in [3.8, 4) is 11.3 Å². The molecule has 1 saturated heterocycles. The molecule has 0 amide bonds. The minimum Gasteiger partial charge on any atom is -0.428 e. The molecule has 1 aromatic heterocycles. The van der Waals surface area contributed by atoms with Crippen LogP contribution in [-0.2, 0) is 4.65 Å². The van der Waals surface area contributed by atoms with Crippen LogP contribution in [0.1, 0.15) is 52.4 Å². The van der Waals surface area contributed by atoms with Crippen LogP contribution in [0.2, 0.25) is 0 Å². The predicted octanol–water partition coefficient (Wildman–Crippen LogP) is 2.35. The van der Waals surface area contributed by atoms with Gasteiger partial charge in [-0.1, -0.05) is 29.7 Å². The molecule has 6 heteroatoms. The fraction of sp³-hybridized carbons (Fsp3) is 0.550. The van der Waals surface area contributed by atoms with Crippen LogP contribution >= 0.6 is 0 Å². The Hall–Kier alpha value is -1.63. The van der Waals surface area contributed by atoms with E-state index in [1.807, 2.05) is 33.9 Å². The van der Waals surface area contributed by atoms with E-state index in [4.69, 9.17) is 15.4 Å². The zero-order valence-electron chi connectivity index (χ0n) is 16.7. The standard InChI is InChI=1S/C20H31BN4O/c1-19(2,22)20(3,4)26-21-15-10-8-14(9-11-15)16-13-23-18(24-16)17-7-6-12-25(17)5/h8-11,13,17,21H,6-7,12,22H2,1-5H3,(H,23,24). The lowest BCUT2D eigenvalue weighted by Crippen LogP contribution is -2.55. The van der Waals surface area contributed by atoms with Crippen LogP contribution < -0.4 is 11.2 Å². The van der Waals surface area contributed by atoms with E-state index in [9.17, 15) is 0 Å². The molecule has 1 atom stereocenters. The van der Waals surface area contributed by atoms with E-state index in [-0.39, 0.29) is 0 Å². The number of nitrogens with one attached hydrogen (secondary N) is 1. The Balaban J connectivity index is 1.66. The maximum Gasteiger partial charge on any atom is 0.309 e. The van der Waals surface area contributed by atoms with Gasteiger partial charge in [0.15, 0.2) is 0 Å². The Labute approximate surface area is 157 Å². The second kappa shape index (κ2) is 7.18. The lowest BCUT2D eigenvalue weighted by molar-refractivity contribution is 0.0462. The number of imidazole rings is 1. The maximum atomic E-state index is 6.20. The maximum absolute atomic E-state index is 6.20. The molecule has 0 saturated carbocycles. The molecule has 2 heterocycles. The molecule has 0 aliphatic carbocycles. The van der Waals surface area contributed by atoms with Crippen molar-refractivity contribution in [2.45, 2.75) is 57.7 Å². The van der Waals surface area contributed by atoms with Crippen molar-refractivity contribution in [3.05, 3.63) is 36.3 Å². The van der Waals surface area contributed by atoms with Gasteiger partial charge in [0.1, 0.15) is 5.82 Å². The van der Waals surface area contributed by atoms with Gasteiger partial charge in [-0.05, 0) is 54.1 Å². The number of aromatic nitrogens is 2. The van der Waals surface area contributed by atoms with E-state index in [1.54, 1.807) is 0 Å². The molecule has 0 bridgehead atoms. The molecular formula is C20H31BN4O. The van der Waals surface area contributed by atoms with E-state index < -0.39 is 11.1 Å². The SMILES string of the molecule is CN1CCCC1c1nc(-c2ccc(BOC(C)(C)C(C)(C)N)cc2)c[nH]1. The van der Waals surface area contributed by atoms with E-state index in [1.165, 1.54) is 12.8 Å². The number of likely N-dealkylation sites (tertiary alicyclic amines) is 1. The van der Waals surface area contributed by atoms with Gasteiger partial charge in [-0.25, -0.2) is 4.98 Å². The summed E-state index contributed by atoms with van der Waals surface area (Å²) in [6, 6.07) is 8.84. The molecule has 1 fully saturated rings. The Morgan fingerprint density at radius 3 is 2.50 bits per heavy atom. The summed E-state index contributed by atoms with van der Waals surface area (Å²) in [5.74, 6) is 1.07. The van der Waals surface area contributed by atoms with Crippen LogP contribution in [0.5, 0.6) is 0 Å². The summed E-state index contributed by atoms with van der Waals surface area (Å²) in [6.45, 7) is 9.20. The third-order valence-corrected chi connectivity index (χ3v) is 5.83. The third-order valence-electron chi connectivity index (χ3n) is 5.83. The van der Waals surface area contributed by atoms with Crippen molar-refractivity contribution in [2.75, 3.05) is 13.6 Å². The van der Waals surface area contributed by atoms with Crippen molar-refractivity contribution in [2.24, 2.45) is 5.73 Å². The Bertz CT molecular complexity index is 733. The van der Waals surface area contributed by atoms with E-state index in [0.717, 1.165) is 29.1 Å². The summed E-state index contributed by atoms with van der Waals surface area (Å²) < 4.78 is 6.06. The number of rotatable bonds is 6. The minimum absolute atomic E-state index is 0.393. The Morgan fingerprint density at radius 1 is 1.23 bits per heavy atom. The first kappa shape index (κ1) is 19.1. The molecule has 140 valence electrons. The van der Waals surface area contributed by atoms with Crippen LogP contribution in [0, 0.1) is 0 Å². The summed E-state index contributed by atoms with van der Waals surface area (Å²) in [5, 5.41) is 0. The van der Waals surface area contributed by atoms with Gasteiger partial charge in [-0.3, -0.25) is 4.90 Å². The van der Waals surface area contributed by atoms with Crippen LogP contribution in [0.3, 0.4) is 0 Å². The molecule has 2 aromatic rings. The fourth-order valence-electron chi connectivity index (χ4n) is 3.13. The van der Waals surface area contributed by atoms with Gasteiger partial charge in [0, 0.05) is 17.3 Å². The van der Waals surface area contributed by atoms with Crippen molar-refractivity contribution in [3.63, 3.8) is 0 Å². The smallest absolute Gasteiger partial charge is 0.309 e. The van der Waals surface area contributed by atoms with Gasteiger partial charge in [0.05, 0.1) is 17.3 Å². The molecule has 0 spiro atoms. The highest BCUT2D eigenvalue weighted by atomic mass is 16.5. The fourth-order valence-corrected chi connectivity index (χ4v) is 3.13. The molecule has 1 aliphatic heterocycles. The lowest BCUT2D eigenvalue weighted by Gasteiger charge is -2.38. The normalized spacial score (nSPS) is 19.1. The zero-order valence-corrected chi connectivity index (χ0v) is 16.7. The molecule has 1 unspecified atom stereocenters. The number of H-pyrrole nitrogens is 1. The van der Waals surface area contributed by atoms with Crippen molar-refractivity contribution < 1.29 is 4.65 Å². The Kier molecular flexibility index (Phi) is 5.29. The average molecular weight is 354 g/mol. The number of nitrogens with two attached hydrogens (primary N) is 1. The molecule has 1 aromatic carbocycles. The predicted molar refractivity (Wildman–Crippen MR) is 109 cm³/mol. The molecule has 3 rings (SSSR count). The summed E-state index contributed by atoms with van der Waals surface area (Å²) in [7, 11) is 2.71. The minimum atomic E-state index is -0.397. The number of nitrogens with zero attached hydrogens (tertiary/aromatic N) is 2. The van der Waals surface area contributed by atoms with Crippen LogP contribution in [0.4, 0.5) is 0 Å². The highest BCUT2D eigenvalue weighted by Crippen LogP contribution is 2.29. The van der Waals surface area contributed by atoms with Crippen LogP contribution in [0.25, 0.3) is 11.3 Å². The highest BCUT2D eigenvalue weighted by molar-refractivity contribution is 6.47. The van der Waals surface area contributed by atoms with Gasteiger partial charge < -0.3 is 15.4 Å². The average Bonchev–Trinajstić information content (AvgIpc) is 3.21. The van der Waals surface area contributed by atoms with E-state index in [2.05, 4.69) is 41.2 Å². The highest BCUT2D eigenvalue weighted by Gasteiger charge is 2.34. The van der Waals surface area contributed by atoms with Gasteiger partial charge in [0.2, 0.25) is 0 Å². The van der Waals surface area contributed by atoms with E-state index in [0.29, 0.717) is 13.5 Å². The number of hydrogen-bond donors (Lipinski definition) is 2. The summed E-state index contributed by atoms with van der Waals surface area (Å²) >= 11 is 0. The number of hydrogen-bond acceptors (Lipinski definition) is 4. The first-order chi connectivity index (χ1) is 12.2. The second-order valence-corrected chi connectivity index (χ2v) is 8.53.